The molecule has 0 aliphatic rings. The van der Waals surface area contributed by atoms with Crippen LogP contribution >= 0.6 is 0 Å². The van der Waals surface area contributed by atoms with Gasteiger partial charge in [-0.15, -0.1) is 0 Å². The van der Waals surface area contributed by atoms with E-state index in [1.165, 1.54) is 5.56 Å². The molecule has 21 heavy (non-hydrogen) atoms. The van der Waals surface area contributed by atoms with Crippen molar-refractivity contribution in [3.63, 3.8) is 0 Å². The van der Waals surface area contributed by atoms with Gasteiger partial charge >= 0.3 is 0 Å². The molecule has 0 heterocycles. The number of hydrogen-bond donors (Lipinski definition) is 0. The molecule has 0 saturated heterocycles. The third kappa shape index (κ3) is 5.26. The van der Waals surface area contributed by atoms with Crippen molar-refractivity contribution in [1.82, 2.24) is 0 Å². The molecule has 0 saturated carbocycles. The molecule has 0 spiro atoms. The Morgan fingerprint density at radius 2 is 1.19 bits per heavy atom. The maximum atomic E-state index is 5.09. The summed E-state index contributed by atoms with van der Waals surface area (Å²) in [5, 5.41) is 0. The lowest BCUT2D eigenvalue weighted by molar-refractivity contribution is 0.354. The molecule has 4 heteroatoms. The van der Waals surface area contributed by atoms with Crippen molar-refractivity contribution in [2.45, 2.75) is 6.92 Å². The van der Waals surface area contributed by atoms with Gasteiger partial charge in [0.25, 0.3) is 0 Å². The van der Waals surface area contributed by atoms with Gasteiger partial charge in [0.05, 0.1) is 28.4 Å². The average molecular weight is 290 g/mol. The number of methoxy groups -OCH3 is 4. The summed E-state index contributed by atoms with van der Waals surface area (Å²) in [7, 11) is 6.54. The lowest BCUT2D eigenvalue weighted by Crippen LogP contribution is -1.90. The van der Waals surface area contributed by atoms with Crippen molar-refractivity contribution in [3.05, 3.63) is 48.0 Å². The molecule has 2 aromatic rings. The van der Waals surface area contributed by atoms with Crippen molar-refractivity contribution in [3.8, 4) is 23.0 Å². The van der Waals surface area contributed by atoms with Crippen LogP contribution in [0.4, 0.5) is 0 Å². The van der Waals surface area contributed by atoms with Crippen molar-refractivity contribution in [2.24, 2.45) is 0 Å². The quantitative estimate of drug-likeness (QED) is 0.860. The lowest BCUT2D eigenvalue weighted by atomic mass is 10.2. The second-order valence-corrected chi connectivity index (χ2v) is 4.24. The zero-order valence-electron chi connectivity index (χ0n) is 13.2. The number of aryl methyl sites for hydroxylation is 1. The minimum Gasteiger partial charge on any atom is -0.497 e. The van der Waals surface area contributed by atoms with Crippen molar-refractivity contribution >= 4 is 0 Å². The van der Waals surface area contributed by atoms with Crippen LogP contribution in [0.1, 0.15) is 5.56 Å². The van der Waals surface area contributed by atoms with E-state index in [4.69, 9.17) is 18.9 Å². The molecule has 0 fully saturated rings. The fourth-order valence-corrected chi connectivity index (χ4v) is 1.67. The summed E-state index contributed by atoms with van der Waals surface area (Å²) >= 11 is 0. The van der Waals surface area contributed by atoms with Crippen LogP contribution in [0.5, 0.6) is 23.0 Å². The summed E-state index contributed by atoms with van der Waals surface area (Å²) in [6.45, 7) is 2.02. The monoisotopic (exact) mass is 290 g/mol. The molecule has 2 aromatic carbocycles. The van der Waals surface area contributed by atoms with Gasteiger partial charge in [-0.05, 0) is 36.8 Å². The Kier molecular flexibility index (Phi) is 6.95. The Morgan fingerprint density at radius 1 is 0.619 bits per heavy atom. The molecule has 0 aliphatic heterocycles. The molecule has 0 aromatic heterocycles. The summed E-state index contributed by atoms with van der Waals surface area (Å²) < 4.78 is 20.1. The smallest absolute Gasteiger partial charge is 0.160 e. The summed E-state index contributed by atoms with van der Waals surface area (Å²) in [5.74, 6) is 3.20. The third-order valence-corrected chi connectivity index (χ3v) is 2.82. The van der Waals surface area contributed by atoms with Gasteiger partial charge in [0, 0.05) is 6.07 Å². The van der Waals surface area contributed by atoms with Gasteiger partial charge in [-0.3, -0.25) is 0 Å². The van der Waals surface area contributed by atoms with E-state index in [0.29, 0.717) is 0 Å². The second kappa shape index (κ2) is 8.74. The summed E-state index contributed by atoms with van der Waals surface area (Å²) in [6.07, 6.45) is 0. The molecule has 0 amide bonds. The third-order valence-electron chi connectivity index (χ3n) is 2.82. The average Bonchev–Trinajstić information content (AvgIpc) is 2.55. The lowest BCUT2D eigenvalue weighted by Gasteiger charge is -2.06. The van der Waals surface area contributed by atoms with Gasteiger partial charge in [-0.25, -0.2) is 0 Å². The van der Waals surface area contributed by atoms with Crippen LogP contribution < -0.4 is 18.9 Å². The Morgan fingerprint density at radius 3 is 1.67 bits per heavy atom. The zero-order chi connectivity index (χ0) is 15.7. The predicted octanol–water partition coefficient (Wildman–Crippen LogP) is 3.72. The van der Waals surface area contributed by atoms with Crippen LogP contribution in [-0.2, 0) is 0 Å². The van der Waals surface area contributed by atoms with E-state index in [0.717, 1.165) is 23.0 Å². The molecule has 0 unspecified atom stereocenters. The molecule has 0 bridgehead atoms. The molecular formula is C17H22O4. The SMILES string of the molecule is COc1ccc(C)cc1OC.COc1cccc(OC)c1. The minimum atomic E-state index is 0.776. The van der Waals surface area contributed by atoms with Crippen LogP contribution in [0.3, 0.4) is 0 Å². The summed E-state index contributed by atoms with van der Waals surface area (Å²) in [6, 6.07) is 13.3. The molecule has 0 aliphatic carbocycles. The van der Waals surface area contributed by atoms with Crippen molar-refractivity contribution in [2.75, 3.05) is 28.4 Å². The van der Waals surface area contributed by atoms with Crippen molar-refractivity contribution < 1.29 is 18.9 Å². The zero-order valence-corrected chi connectivity index (χ0v) is 13.2. The first kappa shape index (κ1) is 16.7. The van der Waals surface area contributed by atoms with E-state index >= 15 is 0 Å². The normalized spacial score (nSPS) is 9.19. The predicted molar refractivity (Wildman–Crippen MR) is 83.8 cm³/mol. The number of hydrogen-bond acceptors (Lipinski definition) is 4. The van der Waals surface area contributed by atoms with Crippen LogP contribution in [-0.4, -0.2) is 28.4 Å². The highest BCUT2D eigenvalue weighted by Crippen LogP contribution is 2.26. The molecule has 4 nitrogen and oxygen atoms in total. The van der Waals surface area contributed by atoms with Gasteiger partial charge in [-0.1, -0.05) is 12.1 Å². The van der Waals surface area contributed by atoms with E-state index in [1.54, 1.807) is 28.4 Å². The Labute approximate surface area is 126 Å². The van der Waals surface area contributed by atoms with Crippen LogP contribution in [0.25, 0.3) is 0 Å². The van der Waals surface area contributed by atoms with Crippen LogP contribution in [0.15, 0.2) is 42.5 Å². The largest absolute Gasteiger partial charge is 0.497 e. The highest BCUT2D eigenvalue weighted by Gasteiger charge is 2.00. The van der Waals surface area contributed by atoms with E-state index in [1.807, 2.05) is 49.4 Å². The van der Waals surface area contributed by atoms with Crippen molar-refractivity contribution in [1.29, 1.82) is 0 Å². The maximum Gasteiger partial charge on any atom is 0.160 e. The number of benzene rings is 2. The van der Waals surface area contributed by atoms with Gasteiger partial charge < -0.3 is 18.9 Å². The molecule has 0 atom stereocenters. The van der Waals surface area contributed by atoms with Gasteiger partial charge in [-0.2, -0.15) is 0 Å². The first-order valence-electron chi connectivity index (χ1n) is 6.51. The maximum absolute atomic E-state index is 5.09. The molecule has 2 rings (SSSR count). The highest BCUT2D eigenvalue weighted by atomic mass is 16.5. The number of rotatable bonds is 4. The minimum absolute atomic E-state index is 0.776. The van der Waals surface area contributed by atoms with Gasteiger partial charge in [0.15, 0.2) is 11.5 Å². The second-order valence-electron chi connectivity index (χ2n) is 4.24. The van der Waals surface area contributed by atoms with Gasteiger partial charge in [0.1, 0.15) is 11.5 Å². The first-order valence-corrected chi connectivity index (χ1v) is 6.51. The van der Waals surface area contributed by atoms with E-state index in [9.17, 15) is 0 Å². The van der Waals surface area contributed by atoms with E-state index in [2.05, 4.69) is 0 Å². The molecule has 0 radical (unpaired) electrons. The number of ether oxygens (including phenoxy) is 4. The van der Waals surface area contributed by atoms with Crippen LogP contribution in [0, 0.1) is 6.92 Å². The fraction of sp³-hybridized carbons (Fsp3) is 0.294. The van der Waals surface area contributed by atoms with Crippen LogP contribution in [0.2, 0.25) is 0 Å². The highest BCUT2D eigenvalue weighted by molar-refractivity contribution is 5.42. The summed E-state index contributed by atoms with van der Waals surface area (Å²) in [5.41, 5.74) is 1.17. The first-order chi connectivity index (χ1) is 10.1. The topological polar surface area (TPSA) is 36.9 Å². The van der Waals surface area contributed by atoms with E-state index < -0.39 is 0 Å². The molecule has 114 valence electrons. The Balaban J connectivity index is 0.000000211. The standard InChI is InChI=1S/C9H12O2.C8H10O2/c1-7-4-5-8(10-2)9(6-7)11-3;1-9-7-4-3-5-8(6-7)10-2/h4-6H,1-3H3;3-6H,1-2H3. The fourth-order valence-electron chi connectivity index (χ4n) is 1.67. The molecule has 0 N–H and O–H groups in total. The van der Waals surface area contributed by atoms with Gasteiger partial charge in [0.2, 0.25) is 0 Å². The Hall–Kier alpha value is -2.36. The molecular weight excluding hydrogens is 268 g/mol. The Bertz CT molecular complexity index is 533. The van der Waals surface area contributed by atoms with E-state index in [-0.39, 0.29) is 0 Å². The summed E-state index contributed by atoms with van der Waals surface area (Å²) in [4.78, 5) is 0.